The monoisotopic (exact) mass is 686 g/mol. The van der Waals surface area contributed by atoms with Crippen LogP contribution in [-0.2, 0) is 4.79 Å². The van der Waals surface area contributed by atoms with Crippen molar-refractivity contribution >= 4 is 5.91 Å². The number of carbonyl (C=O) groups excluding carboxylic acids is 1. The van der Waals surface area contributed by atoms with Gasteiger partial charge in [0.2, 0.25) is 5.91 Å². The highest BCUT2D eigenvalue weighted by Crippen LogP contribution is 2.13. The Balaban J connectivity index is 3.82. The van der Waals surface area contributed by atoms with Crippen molar-refractivity contribution in [2.45, 2.75) is 205 Å². The number of unbranched alkanes of at least 4 members (excludes halogenated alkanes) is 21. The van der Waals surface area contributed by atoms with Crippen LogP contribution in [0.25, 0.3) is 0 Å². The molecule has 0 saturated carbocycles. The maximum Gasteiger partial charge on any atom is 0.223 e. The summed E-state index contributed by atoms with van der Waals surface area (Å²) < 4.78 is 0. The summed E-state index contributed by atoms with van der Waals surface area (Å²) >= 11 is 0. The van der Waals surface area contributed by atoms with Crippen molar-refractivity contribution in [1.82, 2.24) is 5.32 Å². The third kappa shape index (κ3) is 35.7. The van der Waals surface area contributed by atoms with Gasteiger partial charge in [-0.1, -0.05) is 184 Å². The van der Waals surface area contributed by atoms with E-state index in [9.17, 15) is 20.1 Å². The second-order valence-corrected chi connectivity index (χ2v) is 13.9. The van der Waals surface area contributed by atoms with E-state index in [1.807, 2.05) is 12.2 Å². The van der Waals surface area contributed by atoms with Crippen molar-refractivity contribution in [1.29, 1.82) is 0 Å². The molecule has 0 aromatic heterocycles. The first-order valence-corrected chi connectivity index (χ1v) is 20.6. The molecule has 3 unspecified atom stereocenters. The SMILES string of the molecule is CCCCCCCC/C=C\C/C=C\C(O)CC(=O)NC(CO)C(O)/C=C/CC/C=C/CC/C=C/CCCCCCCCCCCCCCC. The number of amides is 1. The quantitative estimate of drug-likeness (QED) is 0.0390. The second kappa shape index (κ2) is 38.8. The lowest BCUT2D eigenvalue weighted by atomic mass is 10.0. The van der Waals surface area contributed by atoms with Crippen LogP contribution < -0.4 is 5.32 Å². The van der Waals surface area contributed by atoms with E-state index >= 15 is 0 Å². The van der Waals surface area contributed by atoms with E-state index in [4.69, 9.17) is 0 Å². The van der Waals surface area contributed by atoms with E-state index in [-0.39, 0.29) is 13.0 Å². The highest BCUT2D eigenvalue weighted by molar-refractivity contribution is 5.77. The lowest BCUT2D eigenvalue weighted by Gasteiger charge is -2.20. The van der Waals surface area contributed by atoms with E-state index < -0.39 is 24.2 Å². The minimum absolute atomic E-state index is 0.107. The molecule has 5 nitrogen and oxygen atoms in total. The number of allylic oxidation sites excluding steroid dienone is 8. The van der Waals surface area contributed by atoms with Crippen LogP contribution in [0.4, 0.5) is 0 Å². The van der Waals surface area contributed by atoms with Crippen molar-refractivity contribution in [2.24, 2.45) is 0 Å². The first-order valence-electron chi connectivity index (χ1n) is 20.6. The van der Waals surface area contributed by atoms with E-state index in [0.29, 0.717) is 0 Å². The highest BCUT2D eigenvalue weighted by Gasteiger charge is 2.19. The van der Waals surface area contributed by atoms with Crippen molar-refractivity contribution in [2.75, 3.05) is 6.61 Å². The number of carbonyl (C=O) groups is 1. The molecule has 0 spiro atoms. The molecule has 0 aliphatic carbocycles. The zero-order valence-electron chi connectivity index (χ0n) is 32.1. The molecule has 0 bridgehead atoms. The molecule has 0 aromatic carbocycles. The second-order valence-electron chi connectivity index (χ2n) is 13.9. The average molecular weight is 686 g/mol. The van der Waals surface area contributed by atoms with Gasteiger partial charge < -0.3 is 20.6 Å². The Morgan fingerprint density at radius 2 is 0.918 bits per heavy atom. The van der Waals surface area contributed by atoms with Crippen LogP contribution in [0, 0.1) is 0 Å². The van der Waals surface area contributed by atoms with Crippen molar-refractivity contribution in [3.8, 4) is 0 Å². The molecule has 49 heavy (non-hydrogen) atoms. The molecule has 0 fully saturated rings. The van der Waals surface area contributed by atoms with Crippen LogP contribution in [0.3, 0.4) is 0 Å². The van der Waals surface area contributed by atoms with Gasteiger partial charge in [-0.15, -0.1) is 0 Å². The minimum Gasteiger partial charge on any atom is -0.394 e. The maximum atomic E-state index is 12.3. The van der Waals surface area contributed by atoms with Crippen LogP contribution in [0.15, 0.2) is 60.8 Å². The average Bonchev–Trinajstić information content (AvgIpc) is 3.09. The van der Waals surface area contributed by atoms with Crippen LogP contribution in [0.5, 0.6) is 0 Å². The van der Waals surface area contributed by atoms with Crippen LogP contribution in [0.2, 0.25) is 0 Å². The fourth-order valence-electron chi connectivity index (χ4n) is 5.84. The first kappa shape index (κ1) is 47.0. The Kier molecular flexibility index (Phi) is 37.3. The summed E-state index contributed by atoms with van der Waals surface area (Å²) in [6, 6.07) is -0.799. The summed E-state index contributed by atoms with van der Waals surface area (Å²) in [5.74, 6) is -0.399. The van der Waals surface area contributed by atoms with Crippen LogP contribution in [0.1, 0.15) is 187 Å². The van der Waals surface area contributed by atoms with E-state index in [1.54, 1.807) is 12.2 Å². The number of hydrogen-bond donors (Lipinski definition) is 4. The highest BCUT2D eigenvalue weighted by atomic mass is 16.3. The van der Waals surface area contributed by atoms with Gasteiger partial charge in [0, 0.05) is 0 Å². The molecule has 0 aliphatic rings. The predicted octanol–water partition coefficient (Wildman–Crippen LogP) is 11.5. The fraction of sp³-hybridized carbons (Fsp3) is 0.750. The molecule has 3 atom stereocenters. The summed E-state index contributed by atoms with van der Waals surface area (Å²) in [5.41, 5.74) is 0. The van der Waals surface area contributed by atoms with Crippen LogP contribution in [-0.4, -0.2) is 46.1 Å². The third-order valence-electron chi connectivity index (χ3n) is 9.01. The molecule has 0 aliphatic heterocycles. The number of hydrogen-bond acceptors (Lipinski definition) is 4. The zero-order chi connectivity index (χ0) is 35.9. The first-order chi connectivity index (χ1) is 24.0. The van der Waals surface area contributed by atoms with Crippen molar-refractivity contribution < 1.29 is 20.1 Å². The Morgan fingerprint density at radius 1 is 0.510 bits per heavy atom. The minimum atomic E-state index is -0.984. The molecule has 0 aromatic rings. The summed E-state index contributed by atoms with van der Waals surface area (Å²) in [7, 11) is 0. The lowest BCUT2D eigenvalue weighted by molar-refractivity contribution is -0.124. The van der Waals surface area contributed by atoms with Gasteiger partial charge in [-0.25, -0.2) is 0 Å². The maximum absolute atomic E-state index is 12.3. The molecule has 0 radical (unpaired) electrons. The molecular formula is C44H79NO4. The lowest BCUT2D eigenvalue weighted by Crippen LogP contribution is -2.45. The molecular weight excluding hydrogens is 606 g/mol. The van der Waals surface area contributed by atoms with Gasteiger partial charge in [0.25, 0.3) is 0 Å². The molecule has 4 N–H and O–H groups in total. The largest absolute Gasteiger partial charge is 0.394 e. The molecule has 1 amide bonds. The van der Waals surface area contributed by atoms with Crippen molar-refractivity contribution in [3.05, 3.63) is 60.8 Å². The van der Waals surface area contributed by atoms with Gasteiger partial charge in [-0.2, -0.15) is 0 Å². The van der Waals surface area contributed by atoms with Crippen molar-refractivity contribution in [3.63, 3.8) is 0 Å². The molecule has 0 rings (SSSR count). The fourth-order valence-corrected chi connectivity index (χ4v) is 5.84. The zero-order valence-corrected chi connectivity index (χ0v) is 32.1. The van der Waals surface area contributed by atoms with Gasteiger partial charge >= 0.3 is 0 Å². The smallest absolute Gasteiger partial charge is 0.223 e. The van der Waals surface area contributed by atoms with E-state index in [1.165, 1.54) is 128 Å². The normalized spacial score (nSPS) is 14.3. The number of nitrogens with one attached hydrogen (secondary N) is 1. The number of aliphatic hydroxyl groups is 3. The summed E-state index contributed by atoms with van der Waals surface area (Å²) in [6.07, 6.45) is 51.0. The third-order valence-corrected chi connectivity index (χ3v) is 9.01. The van der Waals surface area contributed by atoms with Gasteiger partial charge in [0.1, 0.15) is 0 Å². The van der Waals surface area contributed by atoms with E-state index in [0.717, 1.165) is 38.5 Å². The number of aliphatic hydroxyl groups excluding tert-OH is 3. The Hall–Kier alpha value is -1.95. The summed E-state index contributed by atoms with van der Waals surface area (Å²) in [4.78, 5) is 12.3. The summed E-state index contributed by atoms with van der Waals surface area (Å²) in [6.45, 7) is 4.14. The number of rotatable bonds is 36. The van der Waals surface area contributed by atoms with Gasteiger partial charge in [-0.3, -0.25) is 4.79 Å². The van der Waals surface area contributed by atoms with Gasteiger partial charge in [-0.05, 0) is 57.8 Å². The molecule has 0 heterocycles. The van der Waals surface area contributed by atoms with Gasteiger partial charge in [0.15, 0.2) is 0 Å². The Morgan fingerprint density at radius 3 is 1.39 bits per heavy atom. The molecule has 284 valence electrons. The standard InChI is InChI=1S/C44H79NO4/c1-3-5-7-9-11-13-15-16-17-18-19-20-21-22-23-24-25-26-28-30-32-34-36-38-43(48)42(40-46)45-44(49)39-41(47)37-35-33-31-29-27-14-12-10-8-6-4-2/h23-24,28-31,35-38,41-43,46-48H,3-22,25-27,32-34,39-40H2,1-2H3,(H,45,49)/b24-23+,30-28+,31-29-,37-35-,38-36+. The topological polar surface area (TPSA) is 89.8 Å². The van der Waals surface area contributed by atoms with Crippen LogP contribution >= 0.6 is 0 Å². The molecule has 5 heteroatoms. The summed E-state index contributed by atoms with van der Waals surface area (Å²) in [5, 5.41) is 32.9. The molecule has 0 saturated heterocycles. The van der Waals surface area contributed by atoms with Gasteiger partial charge in [0.05, 0.1) is 31.3 Å². The Bertz CT molecular complexity index is 846. The van der Waals surface area contributed by atoms with E-state index in [2.05, 4.69) is 55.6 Å². The predicted molar refractivity (Wildman–Crippen MR) is 213 cm³/mol. The Labute approximate surface area is 303 Å².